The Kier molecular flexibility index (Phi) is 10.3. The molecule has 0 bridgehead atoms. The first-order valence-electron chi connectivity index (χ1n) is 11.8. The van der Waals surface area contributed by atoms with E-state index in [1.165, 1.54) is 11.1 Å². The zero-order chi connectivity index (χ0) is 24.5. The van der Waals surface area contributed by atoms with Gasteiger partial charge in [-0.05, 0) is 92.9 Å². The van der Waals surface area contributed by atoms with Crippen molar-refractivity contribution in [2.24, 2.45) is 0 Å². The van der Waals surface area contributed by atoms with Gasteiger partial charge in [-0.25, -0.2) is 0 Å². The summed E-state index contributed by atoms with van der Waals surface area (Å²) in [6.45, 7) is 4.02. The zero-order valence-electron chi connectivity index (χ0n) is 19.7. The van der Waals surface area contributed by atoms with Crippen LogP contribution in [0, 0.1) is 0 Å². The molecule has 1 fully saturated rings. The fraction of sp³-hybridized carbons (Fsp3) is 0.462. The highest BCUT2D eigenvalue weighted by Crippen LogP contribution is 2.27. The molecule has 2 atom stereocenters. The molecule has 0 unspecified atom stereocenters. The minimum Gasteiger partial charge on any atom is -0.483 e. The summed E-state index contributed by atoms with van der Waals surface area (Å²) in [5.74, 6) is 0.870. The molecule has 3 rings (SSSR count). The second-order valence-electron chi connectivity index (χ2n) is 8.45. The number of hydrogen-bond acceptors (Lipinski definition) is 4. The van der Waals surface area contributed by atoms with E-state index in [2.05, 4.69) is 56.3 Å². The lowest BCUT2D eigenvalue weighted by molar-refractivity contribution is -0.127. The first-order valence-corrected chi connectivity index (χ1v) is 13.4. The lowest BCUT2D eigenvalue weighted by Crippen LogP contribution is -2.54. The number of carbonyl (C=O) groups is 2. The molecular formula is C26H32Br2N2O4. The van der Waals surface area contributed by atoms with Gasteiger partial charge in [0.2, 0.25) is 0 Å². The van der Waals surface area contributed by atoms with Crippen LogP contribution in [-0.2, 0) is 22.4 Å². The number of halogens is 2. The van der Waals surface area contributed by atoms with E-state index < -0.39 is 0 Å². The molecule has 1 aliphatic rings. The summed E-state index contributed by atoms with van der Waals surface area (Å²) in [6, 6.07) is 11.5. The highest BCUT2D eigenvalue weighted by atomic mass is 79.9. The highest BCUT2D eigenvalue weighted by Gasteiger charge is 2.28. The van der Waals surface area contributed by atoms with Gasteiger partial charge in [-0.3, -0.25) is 9.59 Å². The minimum atomic E-state index is -0.200. The van der Waals surface area contributed by atoms with Gasteiger partial charge in [0.15, 0.2) is 13.2 Å². The van der Waals surface area contributed by atoms with Gasteiger partial charge in [-0.15, -0.1) is 0 Å². The molecule has 0 aromatic heterocycles. The summed E-state index contributed by atoms with van der Waals surface area (Å²) in [6.07, 6.45) is 5.51. The summed E-state index contributed by atoms with van der Waals surface area (Å²) in [5.41, 5.74) is 2.39. The topological polar surface area (TPSA) is 76.7 Å². The quantitative estimate of drug-likeness (QED) is 0.389. The molecule has 1 saturated carbocycles. The van der Waals surface area contributed by atoms with Crippen LogP contribution < -0.4 is 20.1 Å². The van der Waals surface area contributed by atoms with E-state index in [9.17, 15) is 9.59 Å². The Morgan fingerprint density at radius 1 is 0.794 bits per heavy atom. The van der Waals surface area contributed by atoms with Crippen molar-refractivity contribution in [3.63, 3.8) is 0 Å². The molecule has 2 N–H and O–H groups in total. The van der Waals surface area contributed by atoms with Crippen LogP contribution in [0.5, 0.6) is 11.5 Å². The Morgan fingerprint density at radius 2 is 1.21 bits per heavy atom. The average Bonchev–Trinajstić information content (AvgIpc) is 2.83. The number of rotatable bonds is 10. The molecule has 8 heteroatoms. The van der Waals surface area contributed by atoms with Gasteiger partial charge in [-0.1, -0.05) is 38.8 Å². The third kappa shape index (κ3) is 7.73. The molecule has 2 aromatic carbocycles. The van der Waals surface area contributed by atoms with Gasteiger partial charge in [0.25, 0.3) is 11.8 Å². The minimum absolute atomic E-state index is 0.0773. The van der Waals surface area contributed by atoms with Crippen molar-refractivity contribution in [2.45, 2.75) is 64.5 Å². The Labute approximate surface area is 218 Å². The molecule has 0 radical (unpaired) electrons. The summed E-state index contributed by atoms with van der Waals surface area (Å²) >= 11 is 6.99. The van der Waals surface area contributed by atoms with Gasteiger partial charge in [0.1, 0.15) is 11.5 Å². The summed E-state index contributed by atoms with van der Waals surface area (Å²) in [4.78, 5) is 25.1. The molecule has 2 amide bonds. The van der Waals surface area contributed by atoms with Crippen LogP contribution >= 0.6 is 31.9 Å². The fourth-order valence-corrected chi connectivity index (χ4v) is 5.10. The normalized spacial score (nSPS) is 17.6. The number of hydrogen-bond donors (Lipinski definition) is 2. The van der Waals surface area contributed by atoms with E-state index in [1.807, 2.05) is 36.4 Å². The van der Waals surface area contributed by atoms with Gasteiger partial charge in [0.05, 0.1) is 8.95 Å². The van der Waals surface area contributed by atoms with Crippen LogP contribution in [0.2, 0.25) is 0 Å². The van der Waals surface area contributed by atoms with Crippen LogP contribution in [-0.4, -0.2) is 37.1 Å². The third-order valence-electron chi connectivity index (χ3n) is 5.99. The summed E-state index contributed by atoms with van der Waals surface area (Å²) in [5, 5.41) is 6.08. The van der Waals surface area contributed by atoms with Crippen LogP contribution in [0.25, 0.3) is 0 Å². The molecule has 6 nitrogen and oxygen atoms in total. The van der Waals surface area contributed by atoms with Crippen molar-refractivity contribution >= 4 is 43.7 Å². The second kappa shape index (κ2) is 13.1. The first-order chi connectivity index (χ1) is 16.4. The molecule has 0 heterocycles. The van der Waals surface area contributed by atoms with E-state index in [0.717, 1.165) is 47.5 Å². The average molecular weight is 596 g/mol. The van der Waals surface area contributed by atoms with E-state index in [1.54, 1.807) is 0 Å². The number of benzene rings is 2. The summed E-state index contributed by atoms with van der Waals surface area (Å²) in [7, 11) is 0. The van der Waals surface area contributed by atoms with E-state index >= 15 is 0 Å². The fourth-order valence-electron chi connectivity index (χ4n) is 4.02. The molecule has 0 aliphatic heterocycles. The Bertz CT molecular complexity index is 919. The molecule has 184 valence electrons. The van der Waals surface area contributed by atoms with Gasteiger partial charge in [-0.2, -0.15) is 0 Å². The Morgan fingerprint density at radius 3 is 1.56 bits per heavy atom. The van der Waals surface area contributed by atoms with Crippen LogP contribution in [0.1, 0.15) is 50.7 Å². The lowest BCUT2D eigenvalue weighted by atomic mass is 9.90. The lowest BCUT2D eigenvalue weighted by Gasteiger charge is -2.32. The second-order valence-corrected chi connectivity index (χ2v) is 10.2. The SMILES string of the molecule is CCc1ccc(OCC(=O)N[C@H]2CCCC[C@@H]2NC(=O)COc2ccc(CC)cc2Br)c(Br)c1. The smallest absolute Gasteiger partial charge is 0.258 e. The Balaban J connectivity index is 1.48. The largest absolute Gasteiger partial charge is 0.483 e. The maximum Gasteiger partial charge on any atom is 0.258 e. The standard InChI is InChI=1S/C26H32Br2N2O4/c1-3-17-9-11-23(19(27)13-17)33-15-25(31)29-21-7-5-6-8-22(21)30-26(32)16-34-24-12-10-18(4-2)14-20(24)28/h9-14,21-22H,3-8,15-16H2,1-2H3,(H,29,31)(H,30,32)/t21-,22-/m0/s1. The first kappa shape index (κ1) is 26.5. The van der Waals surface area contributed by atoms with E-state index in [4.69, 9.17) is 9.47 Å². The highest BCUT2D eigenvalue weighted by molar-refractivity contribution is 9.10. The number of carbonyl (C=O) groups excluding carboxylic acids is 2. The zero-order valence-corrected chi connectivity index (χ0v) is 22.8. The van der Waals surface area contributed by atoms with E-state index in [-0.39, 0.29) is 37.1 Å². The van der Waals surface area contributed by atoms with Crippen molar-refractivity contribution in [2.75, 3.05) is 13.2 Å². The molecule has 0 saturated heterocycles. The van der Waals surface area contributed by atoms with E-state index in [0.29, 0.717) is 11.5 Å². The number of aryl methyl sites for hydroxylation is 2. The monoisotopic (exact) mass is 594 g/mol. The van der Waals surface area contributed by atoms with Gasteiger partial charge < -0.3 is 20.1 Å². The molecule has 0 spiro atoms. The predicted octanol–water partition coefficient (Wildman–Crippen LogP) is 5.34. The third-order valence-corrected chi connectivity index (χ3v) is 7.22. The predicted molar refractivity (Wildman–Crippen MR) is 140 cm³/mol. The number of amides is 2. The van der Waals surface area contributed by atoms with Crippen molar-refractivity contribution in [3.8, 4) is 11.5 Å². The Hall–Kier alpha value is -2.06. The number of ether oxygens (including phenoxy) is 2. The molecule has 34 heavy (non-hydrogen) atoms. The number of nitrogens with one attached hydrogen (secondary N) is 2. The van der Waals surface area contributed by atoms with Gasteiger partial charge in [0, 0.05) is 12.1 Å². The molecule has 1 aliphatic carbocycles. The summed E-state index contributed by atoms with van der Waals surface area (Å²) < 4.78 is 13.1. The molecule has 2 aromatic rings. The molecular weight excluding hydrogens is 564 g/mol. The van der Waals surface area contributed by atoms with Crippen molar-refractivity contribution in [1.29, 1.82) is 0 Å². The van der Waals surface area contributed by atoms with Crippen LogP contribution in [0.3, 0.4) is 0 Å². The maximum atomic E-state index is 12.6. The van der Waals surface area contributed by atoms with Crippen LogP contribution in [0.15, 0.2) is 45.3 Å². The van der Waals surface area contributed by atoms with Crippen molar-refractivity contribution in [1.82, 2.24) is 10.6 Å². The van der Waals surface area contributed by atoms with Gasteiger partial charge >= 0.3 is 0 Å². The van der Waals surface area contributed by atoms with Crippen molar-refractivity contribution in [3.05, 3.63) is 56.5 Å². The van der Waals surface area contributed by atoms with Crippen LogP contribution in [0.4, 0.5) is 0 Å². The van der Waals surface area contributed by atoms with Crippen molar-refractivity contribution < 1.29 is 19.1 Å². The maximum absolute atomic E-state index is 12.6.